The third-order valence-corrected chi connectivity index (χ3v) is 5.49. The molecular weight excluding hydrogens is 274 g/mol. The van der Waals surface area contributed by atoms with Crippen LogP contribution in [0.3, 0.4) is 0 Å². The quantitative estimate of drug-likeness (QED) is 0.802. The molecule has 1 aromatic carbocycles. The lowest BCUT2D eigenvalue weighted by Crippen LogP contribution is -2.22. The molecular formula is C19H27NS. The molecule has 0 saturated heterocycles. The molecule has 0 amide bonds. The standard InChI is InChI=1S/C19H27NS/c1-7-20-18(19-10-13(3)16(6)21-19)11-17-14(4)8-12(2)9-15(17)5/h8-10,18,20H,7,11H2,1-6H3. The first-order chi connectivity index (χ1) is 9.92. The topological polar surface area (TPSA) is 12.0 Å². The van der Waals surface area contributed by atoms with Gasteiger partial charge in [0, 0.05) is 15.8 Å². The van der Waals surface area contributed by atoms with Crippen molar-refractivity contribution in [2.24, 2.45) is 0 Å². The highest BCUT2D eigenvalue weighted by Gasteiger charge is 2.17. The molecule has 0 spiro atoms. The van der Waals surface area contributed by atoms with Crippen LogP contribution in [0.25, 0.3) is 0 Å². The molecule has 2 heteroatoms. The maximum absolute atomic E-state index is 3.67. The minimum absolute atomic E-state index is 0.424. The summed E-state index contributed by atoms with van der Waals surface area (Å²) in [6, 6.07) is 7.38. The molecule has 0 radical (unpaired) electrons. The number of likely N-dealkylation sites (N-methyl/N-ethyl adjacent to an activating group) is 1. The summed E-state index contributed by atoms with van der Waals surface area (Å²) in [6.07, 6.45) is 1.07. The zero-order valence-electron chi connectivity index (χ0n) is 14.1. The van der Waals surface area contributed by atoms with Crippen molar-refractivity contribution in [1.82, 2.24) is 5.32 Å². The zero-order valence-corrected chi connectivity index (χ0v) is 14.9. The van der Waals surface area contributed by atoms with Gasteiger partial charge in [-0.1, -0.05) is 24.6 Å². The Bertz CT molecular complexity index is 582. The molecule has 2 rings (SSSR count). The van der Waals surface area contributed by atoms with Gasteiger partial charge >= 0.3 is 0 Å². The fraction of sp³-hybridized carbons (Fsp3) is 0.474. The van der Waals surface area contributed by atoms with Crippen LogP contribution in [0.4, 0.5) is 0 Å². The summed E-state index contributed by atoms with van der Waals surface area (Å²) < 4.78 is 0. The summed E-state index contributed by atoms with van der Waals surface area (Å²) >= 11 is 1.93. The van der Waals surface area contributed by atoms with E-state index in [1.165, 1.54) is 37.6 Å². The van der Waals surface area contributed by atoms with Gasteiger partial charge in [0.2, 0.25) is 0 Å². The summed E-state index contributed by atoms with van der Waals surface area (Å²) in [5, 5.41) is 3.67. The van der Waals surface area contributed by atoms with Gasteiger partial charge in [-0.3, -0.25) is 0 Å². The van der Waals surface area contributed by atoms with Crippen molar-refractivity contribution in [2.45, 2.75) is 54.0 Å². The van der Waals surface area contributed by atoms with Crippen LogP contribution in [-0.4, -0.2) is 6.54 Å². The number of nitrogens with one attached hydrogen (secondary N) is 1. The number of thiophene rings is 1. The SMILES string of the molecule is CCNC(Cc1c(C)cc(C)cc1C)c1cc(C)c(C)s1. The predicted molar refractivity (Wildman–Crippen MR) is 94.6 cm³/mol. The number of benzene rings is 1. The van der Waals surface area contributed by atoms with Crippen LogP contribution in [0.15, 0.2) is 18.2 Å². The largest absolute Gasteiger partial charge is 0.309 e. The first-order valence-electron chi connectivity index (χ1n) is 7.79. The maximum atomic E-state index is 3.67. The summed E-state index contributed by atoms with van der Waals surface area (Å²) in [6.45, 7) is 14.3. The molecule has 0 fully saturated rings. The third-order valence-electron chi connectivity index (χ3n) is 4.23. The molecule has 0 bridgehead atoms. The summed E-state index contributed by atoms with van der Waals surface area (Å²) in [5.41, 5.74) is 7.10. The van der Waals surface area contributed by atoms with Crippen molar-refractivity contribution >= 4 is 11.3 Å². The molecule has 1 nitrogen and oxygen atoms in total. The van der Waals surface area contributed by atoms with Gasteiger partial charge in [0.15, 0.2) is 0 Å². The number of hydrogen-bond donors (Lipinski definition) is 1. The monoisotopic (exact) mass is 301 g/mol. The van der Waals surface area contributed by atoms with Crippen LogP contribution in [0.1, 0.15) is 50.5 Å². The van der Waals surface area contributed by atoms with Gasteiger partial charge in [0.25, 0.3) is 0 Å². The summed E-state index contributed by atoms with van der Waals surface area (Å²) in [4.78, 5) is 2.90. The lowest BCUT2D eigenvalue weighted by molar-refractivity contribution is 0.555. The van der Waals surface area contributed by atoms with Crippen LogP contribution in [0, 0.1) is 34.6 Å². The molecule has 21 heavy (non-hydrogen) atoms. The van der Waals surface area contributed by atoms with E-state index in [9.17, 15) is 0 Å². The van der Waals surface area contributed by atoms with E-state index in [0.717, 1.165) is 13.0 Å². The van der Waals surface area contributed by atoms with Gasteiger partial charge in [-0.2, -0.15) is 0 Å². The first kappa shape index (κ1) is 16.3. The van der Waals surface area contributed by atoms with Gasteiger partial charge in [-0.15, -0.1) is 11.3 Å². The molecule has 1 aromatic heterocycles. The Morgan fingerprint density at radius 3 is 2.05 bits per heavy atom. The summed E-state index contributed by atoms with van der Waals surface area (Å²) in [7, 11) is 0. The fourth-order valence-corrected chi connectivity index (χ4v) is 4.15. The van der Waals surface area contributed by atoms with Gasteiger partial charge in [-0.05, 0) is 75.9 Å². The molecule has 1 N–H and O–H groups in total. The van der Waals surface area contributed by atoms with Gasteiger partial charge in [-0.25, -0.2) is 0 Å². The maximum Gasteiger partial charge on any atom is 0.0455 e. The van der Waals surface area contributed by atoms with Crippen molar-refractivity contribution in [3.8, 4) is 0 Å². The molecule has 2 aromatic rings. The predicted octanol–water partition coefficient (Wildman–Crippen LogP) is 5.18. The highest BCUT2D eigenvalue weighted by atomic mass is 32.1. The van der Waals surface area contributed by atoms with E-state index in [-0.39, 0.29) is 0 Å². The Morgan fingerprint density at radius 1 is 0.952 bits per heavy atom. The molecule has 0 aliphatic heterocycles. The molecule has 1 heterocycles. The van der Waals surface area contributed by atoms with Crippen molar-refractivity contribution < 1.29 is 0 Å². The second kappa shape index (κ2) is 6.76. The van der Waals surface area contributed by atoms with Crippen molar-refractivity contribution in [3.05, 3.63) is 55.8 Å². The van der Waals surface area contributed by atoms with Crippen LogP contribution < -0.4 is 5.32 Å². The van der Waals surface area contributed by atoms with Crippen molar-refractivity contribution in [1.29, 1.82) is 0 Å². The Hall–Kier alpha value is -1.12. The zero-order chi connectivity index (χ0) is 15.6. The average molecular weight is 301 g/mol. The Labute approximate surface area is 133 Å². The fourth-order valence-electron chi connectivity index (χ4n) is 3.03. The normalized spacial score (nSPS) is 12.7. The average Bonchev–Trinajstić information content (AvgIpc) is 2.72. The highest BCUT2D eigenvalue weighted by molar-refractivity contribution is 7.12. The van der Waals surface area contributed by atoms with E-state index in [2.05, 4.69) is 65.1 Å². The van der Waals surface area contributed by atoms with E-state index >= 15 is 0 Å². The smallest absolute Gasteiger partial charge is 0.0455 e. The molecule has 0 saturated carbocycles. The number of hydrogen-bond acceptors (Lipinski definition) is 2. The lowest BCUT2D eigenvalue weighted by atomic mass is 9.93. The van der Waals surface area contributed by atoms with E-state index < -0.39 is 0 Å². The summed E-state index contributed by atoms with van der Waals surface area (Å²) in [5.74, 6) is 0. The van der Waals surface area contributed by atoms with Crippen LogP contribution in [0.5, 0.6) is 0 Å². The Morgan fingerprint density at radius 2 is 1.57 bits per heavy atom. The van der Waals surface area contributed by atoms with Crippen molar-refractivity contribution in [3.63, 3.8) is 0 Å². The molecule has 0 aliphatic carbocycles. The lowest BCUT2D eigenvalue weighted by Gasteiger charge is -2.20. The molecule has 1 atom stereocenters. The van der Waals surface area contributed by atoms with Gasteiger partial charge in [0.05, 0.1) is 0 Å². The van der Waals surface area contributed by atoms with Crippen LogP contribution in [-0.2, 0) is 6.42 Å². The van der Waals surface area contributed by atoms with Crippen LogP contribution in [0.2, 0.25) is 0 Å². The second-order valence-electron chi connectivity index (χ2n) is 6.08. The van der Waals surface area contributed by atoms with Gasteiger partial charge < -0.3 is 5.32 Å². The first-order valence-corrected chi connectivity index (χ1v) is 8.61. The highest BCUT2D eigenvalue weighted by Crippen LogP contribution is 2.30. The minimum atomic E-state index is 0.424. The molecule has 0 aliphatic rings. The number of aryl methyl sites for hydroxylation is 5. The second-order valence-corrected chi connectivity index (χ2v) is 7.37. The Balaban J connectivity index is 2.32. The van der Waals surface area contributed by atoms with E-state index in [1.807, 2.05) is 11.3 Å². The van der Waals surface area contributed by atoms with E-state index in [1.54, 1.807) is 0 Å². The van der Waals surface area contributed by atoms with E-state index in [0.29, 0.717) is 6.04 Å². The Kier molecular flexibility index (Phi) is 5.23. The molecule has 1 unspecified atom stereocenters. The van der Waals surface area contributed by atoms with Gasteiger partial charge in [0.1, 0.15) is 0 Å². The minimum Gasteiger partial charge on any atom is -0.309 e. The van der Waals surface area contributed by atoms with Crippen LogP contribution >= 0.6 is 11.3 Å². The number of rotatable bonds is 5. The van der Waals surface area contributed by atoms with E-state index in [4.69, 9.17) is 0 Å². The van der Waals surface area contributed by atoms with Crippen molar-refractivity contribution in [2.75, 3.05) is 6.54 Å². The third kappa shape index (κ3) is 3.75. The molecule has 114 valence electrons.